The van der Waals surface area contributed by atoms with Gasteiger partial charge < -0.3 is 24.2 Å². The van der Waals surface area contributed by atoms with Gasteiger partial charge in [0.2, 0.25) is 11.8 Å². The molecule has 0 aliphatic carbocycles. The molecule has 0 N–H and O–H groups in total. The van der Waals surface area contributed by atoms with Gasteiger partial charge in [0, 0.05) is 57.6 Å². The van der Waals surface area contributed by atoms with E-state index in [0.717, 1.165) is 24.4 Å². The van der Waals surface area contributed by atoms with E-state index in [1.54, 1.807) is 14.2 Å². The van der Waals surface area contributed by atoms with Crippen LogP contribution >= 0.6 is 0 Å². The van der Waals surface area contributed by atoms with Crippen molar-refractivity contribution in [3.8, 4) is 5.75 Å². The van der Waals surface area contributed by atoms with Crippen molar-refractivity contribution in [3.05, 3.63) is 29.8 Å². The number of hydrogen-bond acceptors (Lipinski definition) is 5. The first kappa shape index (κ1) is 21.6. The summed E-state index contributed by atoms with van der Waals surface area (Å²) in [4.78, 5) is 31.4. The standard InChI is InChI=1S/C22H33N3O4/c1-23(2)14-22-15-24(11-18(22)12-25(16-22)21(27)13-28-3)20(26)10-9-17-7-5-6-8-19(17)29-4/h5-8,18H,9-16H2,1-4H3/t18-,22+/m0/s1. The minimum atomic E-state index is -0.0625. The van der Waals surface area contributed by atoms with E-state index < -0.39 is 0 Å². The zero-order chi connectivity index (χ0) is 21.0. The quantitative estimate of drug-likeness (QED) is 0.651. The van der Waals surface area contributed by atoms with Gasteiger partial charge in [0.05, 0.1) is 7.11 Å². The van der Waals surface area contributed by atoms with Crippen molar-refractivity contribution in [2.45, 2.75) is 12.8 Å². The van der Waals surface area contributed by atoms with E-state index in [1.807, 2.05) is 34.1 Å². The minimum Gasteiger partial charge on any atom is -0.496 e. The SMILES string of the molecule is COCC(=O)N1C[C@@H]2CN(C(=O)CCc3ccccc3OC)C[C@]2(CN(C)C)C1. The fourth-order valence-electron chi connectivity index (χ4n) is 4.94. The smallest absolute Gasteiger partial charge is 0.248 e. The van der Waals surface area contributed by atoms with Gasteiger partial charge in [-0.1, -0.05) is 18.2 Å². The zero-order valence-corrected chi connectivity index (χ0v) is 18.0. The number of carbonyl (C=O) groups excluding carboxylic acids is 2. The summed E-state index contributed by atoms with van der Waals surface area (Å²) in [5, 5.41) is 0. The monoisotopic (exact) mass is 403 g/mol. The fraction of sp³-hybridized carbons (Fsp3) is 0.636. The number of ether oxygens (including phenoxy) is 2. The van der Waals surface area contributed by atoms with E-state index in [4.69, 9.17) is 9.47 Å². The number of carbonyl (C=O) groups is 2. The maximum Gasteiger partial charge on any atom is 0.248 e. The van der Waals surface area contributed by atoms with Crippen LogP contribution in [0.5, 0.6) is 5.75 Å². The highest BCUT2D eigenvalue weighted by molar-refractivity contribution is 5.79. The Balaban J connectivity index is 1.64. The van der Waals surface area contributed by atoms with Gasteiger partial charge in [-0.25, -0.2) is 0 Å². The Kier molecular flexibility index (Phi) is 6.80. The van der Waals surface area contributed by atoms with E-state index >= 15 is 0 Å². The first-order valence-electron chi connectivity index (χ1n) is 10.2. The van der Waals surface area contributed by atoms with Crippen molar-refractivity contribution < 1.29 is 19.1 Å². The molecule has 0 bridgehead atoms. The number of nitrogens with zero attached hydrogens (tertiary/aromatic N) is 3. The Labute approximate surface area is 173 Å². The molecule has 2 amide bonds. The highest BCUT2D eigenvalue weighted by Crippen LogP contribution is 2.43. The van der Waals surface area contributed by atoms with Gasteiger partial charge in [0.25, 0.3) is 0 Å². The van der Waals surface area contributed by atoms with Crippen LogP contribution in [-0.2, 0) is 20.7 Å². The van der Waals surface area contributed by atoms with Crippen molar-refractivity contribution in [1.82, 2.24) is 14.7 Å². The third-order valence-electron chi connectivity index (χ3n) is 6.16. The van der Waals surface area contributed by atoms with Crippen molar-refractivity contribution in [2.75, 3.05) is 67.6 Å². The largest absolute Gasteiger partial charge is 0.496 e. The molecule has 3 rings (SSSR count). The van der Waals surface area contributed by atoms with Crippen LogP contribution in [0.25, 0.3) is 0 Å². The highest BCUT2D eigenvalue weighted by atomic mass is 16.5. The van der Waals surface area contributed by atoms with Crippen LogP contribution in [0.1, 0.15) is 12.0 Å². The van der Waals surface area contributed by atoms with Gasteiger partial charge >= 0.3 is 0 Å². The minimum absolute atomic E-state index is 0.0362. The lowest BCUT2D eigenvalue weighted by Gasteiger charge is -2.32. The average molecular weight is 404 g/mol. The second-order valence-corrected chi connectivity index (χ2v) is 8.59. The predicted octanol–water partition coefficient (Wildman–Crippen LogP) is 1.12. The summed E-state index contributed by atoms with van der Waals surface area (Å²) < 4.78 is 10.4. The third-order valence-corrected chi connectivity index (χ3v) is 6.16. The van der Waals surface area contributed by atoms with E-state index in [-0.39, 0.29) is 23.8 Å². The lowest BCUT2D eigenvalue weighted by molar-refractivity contribution is -0.135. The van der Waals surface area contributed by atoms with E-state index in [2.05, 4.69) is 19.0 Å². The summed E-state index contributed by atoms with van der Waals surface area (Å²) in [6, 6.07) is 7.85. The normalized spacial score (nSPS) is 23.6. The Morgan fingerprint density at radius 3 is 2.38 bits per heavy atom. The number of hydrogen-bond donors (Lipinski definition) is 0. The highest BCUT2D eigenvalue weighted by Gasteiger charge is 2.54. The molecule has 0 unspecified atom stereocenters. The van der Waals surface area contributed by atoms with Crippen molar-refractivity contribution >= 4 is 11.8 Å². The van der Waals surface area contributed by atoms with Crippen LogP contribution in [-0.4, -0.2) is 94.2 Å². The Bertz CT molecular complexity index is 739. The van der Waals surface area contributed by atoms with Crippen LogP contribution in [0, 0.1) is 11.3 Å². The molecule has 7 heteroatoms. The van der Waals surface area contributed by atoms with Crippen LogP contribution < -0.4 is 4.74 Å². The summed E-state index contributed by atoms with van der Waals surface area (Å²) >= 11 is 0. The van der Waals surface area contributed by atoms with Gasteiger partial charge in [0.15, 0.2) is 0 Å². The number of aryl methyl sites for hydroxylation is 1. The average Bonchev–Trinajstić information content (AvgIpc) is 3.19. The number of benzene rings is 1. The summed E-state index contributed by atoms with van der Waals surface area (Å²) in [6.45, 7) is 3.80. The number of para-hydroxylation sites is 1. The molecule has 2 saturated heterocycles. The Morgan fingerprint density at radius 1 is 1.10 bits per heavy atom. The summed E-state index contributed by atoms with van der Waals surface area (Å²) in [7, 11) is 7.31. The fourth-order valence-corrected chi connectivity index (χ4v) is 4.94. The molecule has 7 nitrogen and oxygen atoms in total. The van der Waals surface area contributed by atoms with Crippen molar-refractivity contribution in [2.24, 2.45) is 11.3 Å². The molecule has 1 aromatic carbocycles. The summed E-state index contributed by atoms with van der Waals surface area (Å²) in [5.41, 5.74) is 0.995. The Morgan fingerprint density at radius 2 is 1.76 bits per heavy atom. The number of likely N-dealkylation sites (tertiary alicyclic amines) is 2. The molecule has 160 valence electrons. The van der Waals surface area contributed by atoms with Crippen LogP contribution in [0.2, 0.25) is 0 Å². The molecule has 0 aromatic heterocycles. The van der Waals surface area contributed by atoms with Crippen molar-refractivity contribution in [3.63, 3.8) is 0 Å². The molecule has 1 aromatic rings. The molecular formula is C22H33N3O4. The molecule has 2 aliphatic rings. The molecule has 2 atom stereocenters. The molecule has 0 radical (unpaired) electrons. The van der Waals surface area contributed by atoms with Gasteiger partial charge in [-0.2, -0.15) is 0 Å². The second kappa shape index (κ2) is 9.13. The lowest BCUT2D eigenvalue weighted by atomic mass is 9.80. The van der Waals surface area contributed by atoms with Crippen LogP contribution in [0.4, 0.5) is 0 Å². The van der Waals surface area contributed by atoms with Gasteiger partial charge in [-0.3, -0.25) is 9.59 Å². The van der Waals surface area contributed by atoms with Gasteiger partial charge in [-0.05, 0) is 32.1 Å². The number of amides is 2. The molecule has 2 aliphatic heterocycles. The first-order chi connectivity index (χ1) is 13.9. The second-order valence-electron chi connectivity index (χ2n) is 8.59. The topological polar surface area (TPSA) is 62.3 Å². The van der Waals surface area contributed by atoms with Gasteiger partial charge in [-0.15, -0.1) is 0 Å². The third kappa shape index (κ3) is 4.73. The Hall–Kier alpha value is -2.12. The lowest BCUT2D eigenvalue weighted by Crippen LogP contribution is -2.44. The molecule has 2 heterocycles. The first-order valence-corrected chi connectivity index (χ1v) is 10.2. The molecule has 29 heavy (non-hydrogen) atoms. The molecular weight excluding hydrogens is 370 g/mol. The summed E-state index contributed by atoms with van der Waals surface area (Å²) in [5.74, 6) is 1.35. The number of rotatable bonds is 8. The van der Waals surface area contributed by atoms with E-state index in [1.165, 1.54) is 0 Å². The maximum atomic E-state index is 13.0. The molecule has 2 fully saturated rings. The number of fused-ring (bicyclic) bond motifs is 1. The molecule has 0 spiro atoms. The predicted molar refractivity (Wildman–Crippen MR) is 111 cm³/mol. The number of methoxy groups -OCH3 is 2. The summed E-state index contributed by atoms with van der Waals surface area (Å²) in [6.07, 6.45) is 1.14. The maximum absolute atomic E-state index is 13.0. The zero-order valence-electron chi connectivity index (χ0n) is 18.0. The van der Waals surface area contributed by atoms with E-state index in [9.17, 15) is 9.59 Å². The molecule has 0 saturated carbocycles. The van der Waals surface area contributed by atoms with Crippen molar-refractivity contribution in [1.29, 1.82) is 0 Å². The van der Waals surface area contributed by atoms with E-state index in [0.29, 0.717) is 38.4 Å². The van der Waals surface area contributed by atoms with Crippen LogP contribution in [0.3, 0.4) is 0 Å². The van der Waals surface area contributed by atoms with Crippen LogP contribution in [0.15, 0.2) is 24.3 Å². The van der Waals surface area contributed by atoms with Gasteiger partial charge in [0.1, 0.15) is 12.4 Å².